The van der Waals surface area contributed by atoms with Crippen LogP contribution in [0, 0.1) is 0 Å². The SMILES string of the molecule is COC(=O)N1c2ccc3c(nc(CC(C(=O)O)c4ccccc4)n3[C@@H]3CCC[C@@H](O)C3)c2CCC1C. The molecule has 3 aromatic rings. The van der Waals surface area contributed by atoms with E-state index in [-0.39, 0.29) is 24.6 Å². The minimum absolute atomic E-state index is 0.00641. The maximum atomic E-state index is 12.6. The third-order valence-electron chi connectivity index (χ3n) is 7.77. The third-order valence-corrected chi connectivity index (χ3v) is 7.77. The number of amides is 1. The summed E-state index contributed by atoms with van der Waals surface area (Å²) in [5, 5.41) is 20.6. The molecule has 1 aliphatic carbocycles. The van der Waals surface area contributed by atoms with Crippen molar-refractivity contribution in [2.45, 2.75) is 76.0 Å². The zero-order chi connectivity index (χ0) is 25.4. The highest BCUT2D eigenvalue weighted by Crippen LogP contribution is 2.40. The lowest BCUT2D eigenvalue weighted by molar-refractivity contribution is -0.138. The average Bonchev–Trinajstić information content (AvgIpc) is 3.25. The summed E-state index contributed by atoms with van der Waals surface area (Å²) < 4.78 is 7.23. The molecule has 4 atom stereocenters. The first-order chi connectivity index (χ1) is 17.4. The predicted octanol–water partition coefficient (Wildman–Crippen LogP) is 4.83. The molecule has 1 aliphatic heterocycles. The first kappa shape index (κ1) is 24.3. The van der Waals surface area contributed by atoms with E-state index in [9.17, 15) is 19.8 Å². The number of carboxylic acids is 1. The first-order valence-corrected chi connectivity index (χ1v) is 12.7. The molecule has 2 heterocycles. The highest BCUT2D eigenvalue weighted by molar-refractivity contribution is 5.95. The first-order valence-electron chi connectivity index (χ1n) is 12.7. The van der Waals surface area contributed by atoms with E-state index in [0.29, 0.717) is 12.2 Å². The number of imidazole rings is 1. The molecule has 2 aliphatic rings. The number of carboxylic acid groups (broad SMARTS) is 1. The van der Waals surface area contributed by atoms with E-state index in [2.05, 4.69) is 4.57 Å². The van der Waals surface area contributed by atoms with Gasteiger partial charge in [0, 0.05) is 24.1 Å². The summed E-state index contributed by atoms with van der Waals surface area (Å²) in [6, 6.07) is 13.2. The number of anilines is 1. The smallest absolute Gasteiger partial charge is 0.414 e. The molecule has 2 N–H and O–H groups in total. The van der Waals surface area contributed by atoms with E-state index >= 15 is 0 Å². The van der Waals surface area contributed by atoms with E-state index in [1.54, 1.807) is 4.90 Å². The van der Waals surface area contributed by atoms with Gasteiger partial charge in [-0.05, 0) is 63.1 Å². The van der Waals surface area contributed by atoms with Crippen LogP contribution in [0.25, 0.3) is 11.0 Å². The fourth-order valence-electron chi connectivity index (χ4n) is 5.96. The second-order valence-electron chi connectivity index (χ2n) is 10.0. The van der Waals surface area contributed by atoms with Gasteiger partial charge in [-0.3, -0.25) is 9.69 Å². The van der Waals surface area contributed by atoms with E-state index in [4.69, 9.17) is 9.72 Å². The number of fused-ring (bicyclic) bond motifs is 3. The van der Waals surface area contributed by atoms with Gasteiger partial charge in [0.25, 0.3) is 0 Å². The van der Waals surface area contributed by atoms with Crippen LogP contribution in [0.15, 0.2) is 42.5 Å². The van der Waals surface area contributed by atoms with Crippen LogP contribution in [0.1, 0.15) is 67.9 Å². The molecule has 0 radical (unpaired) electrons. The highest BCUT2D eigenvalue weighted by atomic mass is 16.5. The molecular weight excluding hydrogens is 458 g/mol. The monoisotopic (exact) mass is 491 g/mol. The van der Waals surface area contributed by atoms with Crippen molar-refractivity contribution in [2.75, 3.05) is 12.0 Å². The molecule has 8 heteroatoms. The van der Waals surface area contributed by atoms with Gasteiger partial charge in [0.15, 0.2) is 0 Å². The number of carbonyl (C=O) groups excluding carboxylic acids is 1. The molecule has 1 saturated carbocycles. The van der Waals surface area contributed by atoms with Crippen LogP contribution < -0.4 is 4.90 Å². The summed E-state index contributed by atoms with van der Waals surface area (Å²) in [6.07, 6.45) is 4.22. The number of aryl methyl sites for hydroxylation is 1. The summed E-state index contributed by atoms with van der Waals surface area (Å²) in [5.41, 5.74) is 4.25. The largest absolute Gasteiger partial charge is 0.481 e. The van der Waals surface area contributed by atoms with Gasteiger partial charge in [-0.25, -0.2) is 9.78 Å². The number of carbonyl (C=O) groups is 2. The quantitative estimate of drug-likeness (QED) is 0.530. The lowest BCUT2D eigenvalue weighted by atomic mass is 9.91. The molecule has 1 fully saturated rings. The Kier molecular flexibility index (Phi) is 6.71. The summed E-state index contributed by atoms with van der Waals surface area (Å²) in [7, 11) is 1.39. The Bertz CT molecular complexity index is 1270. The Morgan fingerprint density at radius 2 is 1.92 bits per heavy atom. The van der Waals surface area contributed by atoms with Crippen molar-refractivity contribution in [3.63, 3.8) is 0 Å². The van der Waals surface area contributed by atoms with Gasteiger partial charge in [0.2, 0.25) is 0 Å². The Morgan fingerprint density at radius 3 is 2.61 bits per heavy atom. The molecule has 1 amide bonds. The normalized spacial score (nSPS) is 22.8. The van der Waals surface area contributed by atoms with Crippen LogP contribution in [0.2, 0.25) is 0 Å². The van der Waals surface area contributed by atoms with Crippen molar-refractivity contribution in [3.05, 3.63) is 59.4 Å². The summed E-state index contributed by atoms with van der Waals surface area (Å²) >= 11 is 0. The third kappa shape index (κ3) is 4.34. The van der Waals surface area contributed by atoms with Gasteiger partial charge < -0.3 is 19.5 Å². The van der Waals surface area contributed by atoms with Crippen molar-refractivity contribution in [1.29, 1.82) is 0 Å². The zero-order valence-corrected chi connectivity index (χ0v) is 20.8. The average molecular weight is 492 g/mol. The maximum Gasteiger partial charge on any atom is 0.414 e. The second-order valence-corrected chi connectivity index (χ2v) is 10.0. The maximum absolute atomic E-state index is 12.6. The standard InChI is InChI=1S/C28H33N3O5/c1-17-11-12-21-23(30(17)28(35)36-2)13-14-24-26(21)29-25(31(24)19-9-6-10-20(32)15-19)16-22(27(33)34)18-7-4-3-5-8-18/h3-5,7-8,13-14,17,19-20,22,32H,6,9-12,15-16H2,1-2H3,(H,33,34)/t17?,19-,20-,22?/m1/s1. The number of aliphatic carboxylic acids is 1. The number of aliphatic hydroxyl groups is 1. The molecule has 2 aromatic carbocycles. The van der Waals surface area contributed by atoms with Crippen LogP contribution in [-0.2, 0) is 22.4 Å². The van der Waals surface area contributed by atoms with Gasteiger partial charge in [0.1, 0.15) is 5.82 Å². The van der Waals surface area contributed by atoms with Crippen LogP contribution >= 0.6 is 0 Å². The van der Waals surface area contributed by atoms with Crippen molar-refractivity contribution >= 4 is 28.8 Å². The number of hydrogen-bond donors (Lipinski definition) is 2. The fraction of sp³-hybridized carbons (Fsp3) is 0.464. The van der Waals surface area contributed by atoms with Gasteiger partial charge >= 0.3 is 12.1 Å². The lowest BCUT2D eigenvalue weighted by Gasteiger charge is -2.34. The topological polar surface area (TPSA) is 105 Å². The van der Waals surface area contributed by atoms with E-state index in [1.807, 2.05) is 49.4 Å². The van der Waals surface area contributed by atoms with Crippen molar-refractivity contribution in [1.82, 2.24) is 9.55 Å². The van der Waals surface area contributed by atoms with Crippen molar-refractivity contribution in [3.8, 4) is 0 Å². The van der Waals surface area contributed by atoms with E-state index in [0.717, 1.165) is 60.0 Å². The molecule has 190 valence electrons. The van der Waals surface area contributed by atoms with Crippen LogP contribution in [0.5, 0.6) is 0 Å². The fourth-order valence-corrected chi connectivity index (χ4v) is 5.96. The number of ether oxygens (including phenoxy) is 1. The molecular formula is C28H33N3O5. The summed E-state index contributed by atoms with van der Waals surface area (Å²) in [5.74, 6) is -0.925. The summed E-state index contributed by atoms with van der Waals surface area (Å²) in [4.78, 5) is 31.7. The predicted molar refractivity (Wildman–Crippen MR) is 136 cm³/mol. The highest BCUT2D eigenvalue weighted by Gasteiger charge is 2.34. The number of rotatable bonds is 5. The summed E-state index contributed by atoms with van der Waals surface area (Å²) in [6.45, 7) is 2.01. The molecule has 2 unspecified atom stereocenters. The molecule has 8 nitrogen and oxygen atoms in total. The number of methoxy groups -OCH3 is 1. The lowest BCUT2D eigenvalue weighted by Crippen LogP contribution is -2.42. The van der Waals surface area contributed by atoms with Gasteiger partial charge in [-0.1, -0.05) is 30.3 Å². The Morgan fingerprint density at radius 1 is 1.14 bits per heavy atom. The van der Waals surface area contributed by atoms with Gasteiger partial charge in [-0.2, -0.15) is 0 Å². The minimum atomic E-state index is -0.892. The number of aromatic nitrogens is 2. The Hall–Kier alpha value is -3.39. The Balaban J connectivity index is 1.66. The van der Waals surface area contributed by atoms with E-state index in [1.165, 1.54) is 7.11 Å². The number of aliphatic hydroxyl groups excluding tert-OH is 1. The molecule has 0 bridgehead atoms. The zero-order valence-electron chi connectivity index (χ0n) is 20.8. The second kappa shape index (κ2) is 9.93. The Labute approximate surface area is 210 Å². The molecule has 0 saturated heterocycles. The van der Waals surface area contributed by atoms with Gasteiger partial charge in [-0.15, -0.1) is 0 Å². The van der Waals surface area contributed by atoms with Crippen LogP contribution in [0.4, 0.5) is 10.5 Å². The van der Waals surface area contributed by atoms with Crippen LogP contribution in [-0.4, -0.2) is 51.1 Å². The van der Waals surface area contributed by atoms with Crippen molar-refractivity contribution in [2.24, 2.45) is 0 Å². The number of hydrogen-bond acceptors (Lipinski definition) is 5. The van der Waals surface area contributed by atoms with Gasteiger partial charge in [0.05, 0.1) is 35.9 Å². The number of nitrogens with zero attached hydrogens (tertiary/aromatic N) is 3. The minimum Gasteiger partial charge on any atom is -0.481 e. The molecule has 0 spiro atoms. The molecule has 1 aromatic heterocycles. The molecule has 36 heavy (non-hydrogen) atoms. The molecule has 5 rings (SSSR count). The number of benzene rings is 2. The van der Waals surface area contributed by atoms with Crippen LogP contribution in [0.3, 0.4) is 0 Å². The van der Waals surface area contributed by atoms with Crippen molar-refractivity contribution < 1.29 is 24.5 Å². The van der Waals surface area contributed by atoms with E-state index < -0.39 is 18.0 Å².